The van der Waals surface area contributed by atoms with E-state index in [4.69, 9.17) is 0 Å². The summed E-state index contributed by atoms with van der Waals surface area (Å²) in [5.74, 6) is -1.61. The maximum absolute atomic E-state index is 13.4. The van der Waals surface area contributed by atoms with E-state index in [1.807, 2.05) is 57.2 Å². The third kappa shape index (κ3) is 5.12. The molecule has 0 bridgehead atoms. The lowest BCUT2D eigenvalue weighted by molar-refractivity contribution is -0.145. The molecule has 1 heterocycles. The summed E-state index contributed by atoms with van der Waals surface area (Å²) >= 11 is 0. The third-order valence-electron chi connectivity index (χ3n) is 6.51. The van der Waals surface area contributed by atoms with Gasteiger partial charge in [-0.1, -0.05) is 42.0 Å². The summed E-state index contributed by atoms with van der Waals surface area (Å²) in [5, 5.41) is 23.1. The van der Waals surface area contributed by atoms with Crippen LogP contribution in [0.2, 0.25) is 0 Å². The highest BCUT2D eigenvalue weighted by atomic mass is 16.4. The number of carboxylic acid groups (broad SMARTS) is 1. The quantitative estimate of drug-likeness (QED) is 0.377. The molecule has 0 radical (unpaired) electrons. The van der Waals surface area contributed by atoms with Crippen molar-refractivity contribution < 1.29 is 19.5 Å². The number of hydrogen-bond acceptors (Lipinski definition) is 4. The van der Waals surface area contributed by atoms with Crippen LogP contribution in [0.4, 0.5) is 16.2 Å². The van der Waals surface area contributed by atoms with Crippen molar-refractivity contribution >= 4 is 40.1 Å². The minimum absolute atomic E-state index is 0.204. The Morgan fingerprint density at radius 3 is 2.09 bits per heavy atom. The molecular weight excluding hydrogens is 444 g/mol. The van der Waals surface area contributed by atoms with Crippen LogP contribution in [0, 0.1) is 20.8 Å². The number of carbonyl (C=O) groups is 3. The normalized spacial score (nSPS) is 14.8. The number of carboxylic acids is 1. The first-order valence-electron chi connectivity index (χ1n) is 11.6. The Morgan fingerprint density at radius 2 is 1.49 bits per heavy atom. The standard InChI is InChI=1S/C27H30N4O4/c1-16-12-17(2)23(18(3)13-16)30-26(35)29-22-15-20-7-5-4-6-19(20)14-21(22)24(32)31-27(25(33)34)8-10-28-11-9-27/h4-7,12-15,28H,8-11H2,1-3H3,(H,31,32)(H,33,34)(H2,29,30,35). The molecule has 0 saturated carbocycles. The zero-order valence-electron chi connectivity index (χ0n) is 20.1. The van der Waals surface area contributed by atoms with E-state index in [-0.39, 0.29) is 18.4 Å². The van der Waals surface area contributed by atoms with Gasteiger partial charge in [-0.3, -0.25) is 4.79 Å². The van der Waals surface area contributed by atoms with Gasteiger partial charge in [-0.05, 0) is 80.7 Å². The van der Waals surface area contributed by atoms with Crippen molar-refractivity contribution in [2.24, 2.45) is 0 Å². The first kappa shape index (κ1) is 24.2. The lowest BCUT2D eigenvalue weighted by Gasteiger charge is -2.34. The van der Waals surface area contributed by atoms with Crippen LogP contribution in [0.5, 0.6) is 0 Å². The smallest absolute Gasteiger partial charge is 0.329 e. The fourth-order valence-electron chi connectivity index (χ4n) is 4.71. The van der Waals surface area contributed by atoms with Gasteiger partial charge in [0.05, 0.1) is 11.3 Å². The second-order valence-electron chi connectivity index (χ2n) is 9.19. The van der Waals surface area contributed by atoms with Crippen molar-refractivity contribution in [2.75, 3.05) is 23.7 Å². The summed E-state index contributed by atoms with van der Waals surface area (Å²) in [6.45, 7) is 6.83. The Kier molecular flexibility index (Phi) is 6.75. The molecule has 0 spiro atoms. The topological polar surface area (TPSA) is 120 Å². The molecular formula is C27H30N4O4. The molecule has 3 aromatic carbocycles. The molecule has 3 amide bonds. The van der Waals surface area contributed by atoms with Crippen molar-refractivity contribution in [3.63, 3.8) is 0 Å². The highest BCUT2D eigenvalue weighted by Gasteiger charge is 2.41. The minimum atomic E-state index is -1.36. The van der Waals surface area contributed by atoms with Crippen LogP contribution in [0.25, 0.3) is 10.8 Å². The van der Waals surface area contributed by atoms with Gasteiger partial charge in [0.25, 0.3) is 5.91 Å². The first-order chi connectivity index (χ1) is 16.7. The molecule has 0 aromatic heterocycles. The number of piperidine rings is 1. The molecule has 182 valence electrons. The molecule has 1 saturated heterocycles. The van der Waals surface area contributed by atoms with Gasteiger partial charge in [-0.2, -0.15) is 0 Å². The van der Waals surface area contributed by atoms with Crippen LogP contribution in [0.15, 0.2) is 48.5 Å². The Morgan fingerprint density at radius 1 is 0.886 bits per heavy atom. The SMILES string of the molecule is Cc1cc(C)c(NC(=O)Nc2cc3ccccc3cc2C(=O)NC2(C(=O)O)CCNCC2)c(C)c1. The molecule has 0 atom stereocenters. The van der Waals surface area contributed by atoms with E-state index in [2.05, 4.69) is 21.3 Å². The minimum Gasteiger partial charge on any atom is -0.480 e. The molecule has 35 heavy (non-hydrogen) atoms. The van der Waals surface area contributed by atoms with Crippen LogP contribution in [0.1, 0.15) is 39.9 Å². The molecule has 8 heteroatoms. The molecule has 5 N–H and O–H groups in total. The van der Waals surface area contributed by atoms with Crippen molar-refractivity contribution in [3.8, 4) is 0 Å². The molecule has 4 rings (SSSR count). The van der Waals surface area contributed by atoms with Crippen molar-refractivity contribution in [3.05, 3.63) is 70.8 Å². The number of aryl methyl sites for hydroxylation is 3. The fourth-order valence-corrected chi connectivity index (χ4v) is 4.71. The predicted molar refractivity (Wildman–Crippen MR) is 137 cm³/mol. The van der Waals surface area contributed by atoms with E-state index in [0.29, 0.717) is 24.5 Å². The molecule has 0 unspecified atom stereocenters. The summed E-state index contributed by atoms with van der Waals surface area (Å²) in [6.07, 6.45) is 0.549. The zero-order chi connectivity index (χ0) is 25.2. The molecule has 1 aliphatic heterocycles. The lowest BCUT2D eigenvalue weighted by Crippen LogP contribution is -2.59. The van der Waals surface area contributed by atoms with E-state index in [1.165, 1.54) is 0 Å². The third-order valence-corrected chi connectivity index (χ3v) is 6.51. The van der Waals surface area contributed by atoms with E-state index in [1.54, 1.807) is 12.1 Å². The van der Waals surface area contributed by atoms with E-state index in [9.17, 15) is 19.5 Å². The molecule has 1 fully saturated rings. The number of urea groups is 1. The number of hydrogen-bond donors (Lipinski definition) is 5. The number of nitrogens with one attached hydrogen (secondary N) is 4. The summed E-state index contributed by atoms with van der Waals surface area (Å²) in [4.78, 5) is 38.5. The van der Waals surface area contributed by atoms with Crippen molar-refractivity contribution in [1.82, 2.24) is 10.6 Å². The average molecular weight is 475 g/mol. The Labute approximate surface area is 204 Å². The largest absolute Gasteiger partial charge is 0.480 e. The van der Waals surface area contributed by atoms with Crippen molar-refractivity contribution in [1.29, 1.82) is 0 Å². The van der Waals surface area contributed by atoms with Crippen LogP contribution in [-0.4, -0.2) is 41.6 Å². The van der Waals surface area contributed by atoms with Crippen LogP contribution in [-0.2, 0) is 4.79 Å². The molecule has 3 aromatic rings. The number of benzene rings is 3. The monoisotopic (exact) mass is 474 g/mol. The van der Waals surface area contributed by atoms with Gasteiger partial charge in [0.1, 0.15) is 5.54 Å². The molecule has 1 aliphatic rings. The van der Waals surface area contributed by atoms with Crippen LogP contribution >= 0.6 is 0 Å². The summed E-state index contributed by atoms with van der Waals surface area (Å²) < 4.78 is 0. The van der Waals surface area contributed by atoms with Crippen molar-refractivity contribution in [2.45, 2.75) is 39.2 Å². The van der Waals surface area contributed by atoms with Gasteiger partial charge >= 0.3 is 12.0 Å². The van der Waals surface area contributed by atoms with Gasteiger partial charge in [-0.15, -0.1) is 0 Å². The highest BCUT2D eigenvalue weighted by Crippen LogP contribution is 2.28. The van der Waals surface area contributed by atoms with Crippen LogP contribution in [0.3, 0.4) is 0 Å². The Balaban J connectivity index is 1.66. The fraction of sp³-hybridized carbons (Fsp3) is 0.296. The number of carbonyl (C=O) groups excluding carboxylic acids is 2. The van der Waals surface area contributed by atoms with Gasteiger partial charge in [-0.25, -0.2) is 9.59 Å². The predicted octanol–water partition coefficient (Wildman–Crippen LogP) is 4.35. The number of rotatable bonds is 5. The summed E-state index contributed by atoms with van der Waals surface area (Å²) in [7, 11) is 0. The summed E-state index contributed by atoms with van der Waals surface area (Å²) in [5.41, 5.74) is 2.82. The maximum atomic E-state index is 13.4. The first-order valence-corrected chi connectivity index (χ1v) is 11.6. The second-order valence-corrected chi connectivity index (χ2v) is 9.19. The molecule has 8 nitrogen and oxygen atoms in total. The second kappa shape index (κ2) is 9.76. The van der Waals surface area contributed by atoms with E-state index in [0.717, 1.165) is 27.5 Å². The van der Waals surface area contributed by atoms with Gasteiger partial charge in [0.2, 0.25) is 0 Å². The zero-order valence-corrected chi connectivity index (χ0v) is 20.1. The maximum Gasteiger partial charge on any atom is 0.329 e. The van der Waals surface area contributed by atoms with Gasteiger partial charge < -0.3 is 26.4 Å². The number of anilines is 2. The van der Waals surface area contributed by atoms with Crippen LogP contribution < -0.4 is 21.3 Å². The number of aliphatic carboxylic acids is 1. The highest BCUT2D eigenvalue weighted by molar-refractivity contribution is 6.10. The molecule has 0 aliphatic carbocycles. The summed E-state index contributed by atoms with van der Waals surface area (Å²) in [6, 6.07) is 14.4. The van der Waals surface area contributed by atoms with E-state index < -0.39 is 23.4 Å². The number of amides is 3. The Bertz CT molecular complexity index is 1290. The average Bonchev–Trinajstić information content (AvgIpc) is 2.81. The lowest BCUT2D eigenvalue weighted by atomic mass is 9.88. The Hall–Kier alpha value is -3.91. The number of fused-ring (bicyclic) bond motifs is 1. The van der Waals surface area contributed by atoms with Gasteiger partial charge in [0.15, 0.2) is 0 Å². The van der Waals surface area contributed by atoms with Gasteiger partial charge in [0, 0.05) is 5.69 Å². The van der Waals surface area contributed by atoms with E-state index >= 15 is 0 Å².